The summed E-state index contributed by atoms with van der Waals surface area (Å²) in [6.07, 6.45) is 2.36. The molecular weight excluding hydrogens is 309 g/mol. The average Bonchev–Trinajstić information content (AvgIpc) is 2.81. The van der Waals surface area contributed by atoms with Crippen molar-refractivity contribution < 1.29 is 9.47 Å². The quantitative estimate of drug-likeness (QED) is 0.783. The van der Waals surface area contributed by atoms with Crippen LogP contribution in [0.3, 0.4) is 0 Å². The molecule has 2 atom stereocenters. The predicted octanol–water partition coefficient (Wildman–Crippen LogP) is 4.75. The van der Waals surface area contributed by atoms with E-state index in [1.165, 1.54) is 0 Å². The lowest BCUT2D eigenvalue weighted by molar-refractivity contribution is -0.114. The Hall–Kier alpha value is -0.790. The Balaban J connectivity index is 1.98. The van der Waals surface area contributed by atoms with E-state index in [-0.39, 0.29) is 0 Å². The summed E-state index contributed by atoms with van der Waals surface area (Å²) in [5.41, 5.74) is -0.312. The molecule has 1 fully saturated rings. The van der Waals surface area contributed by atoms with Gasteiger partial charge in [0, 0.05) is 15.6 Å². The molecule has 1 aliphatic heterocycles. The van der Waals surface area contributed by atoms with Crippen molar-refractivity contribution in [3.63, 3.8) is 0 Å². The van der Waals surface area contributed by atoms with E-state index in [1.807, 2.05) is 6.92 Å². The lowest BCUT2D eigenvalue weighted by Gasteiger charge is -2.29. The van der Waals surface area contributed by atoms with E-state index in [0.29, 0.717) is 23.3 Å². The topological polar surface area (TPSA) is 42.2 Å². The van der Waals surface area contributed by atoms with Crippen molar-refractivity contribution in [2.75, 3.05) is 6.61 Å². The van der Waals surface area contributed by atoms with Crippen LogP contribution in [0.4, 0.5) is 0 Å². The molecule has 0 aliphatic carbocycles. The van der Waals surface area contributed by atoms with Gasteiger partial charge in [-0.05, 0) is 38.3 Å². The SMILES string of the molecule is CCC1(COCc2c(Cl)cccc2Cl)CCC(C)(C#N)O1. The van der Waals surface area contributed by atoms with Gasteiger partial charge in [0.15, 0.2) is 5.60 Å². The maximum atomic E-state index is 9.18. The molecule has 0 aromatic heterocycles. The van der Waals surface area contributed by atoms with Gasteiger partial charge in [0.05, 0.1) is 24.9 Å². The van der Waals surface area contributed by atoms with Gasteiger partial charge in [0.2, 0.25) is 0 Å². The molecule has 2 unspecified atom stereocenters. The zero-order valence-corrected chi connectivity index (χ0v) is 13.8. The zero-order valence-electron chi connectivity index (χ0n) is 12.3. The second-order valence-corrected chi connectivity index (χ2v) is 6.49. The highest BCUT2D eigenvalue weighted by Crippen LogP contribution is 2.40. The third-order valence-electron chi connectivity index (χ3n) is 4.05. The molecule has 114 valence electrons. The van der Waals surface area contributed by atoms with Gasteiger partial charge in [-0.3, -0.25) is 0 Å². The molecule has 21 heavy (non-hydrogen) atoms. The summed E-state index contributed by atoms with van der Waals surface area (Å²) < 4.78 is 11.8. The maximum absolute atomic E-state index is 9.18. The van der Waals surface area contributed by atoms with Crippen molar-refractivity contribution in [2.24, 2.45) is 0 Å². The molecule has 0 bridgehead atoms. The molecule has 0 amide bonds. The Bertz CT molecular complexity index is 537. The molecule has 0 N–H and O–H groups in total. The maximum Gasteiger partial charge on any atom is 0.152 e. The van der Waals surface area contributed by atoms with Crippen LogP contribution < -0.4 is 0 Å². The molecule has 1 heterocycles. The number of nitriles is 1. The summed E-state index contributed by atoms with van der Waals surface area (Å²) in [4.78, 5) is 0. The lowest BCUT2D eigenvalue weighted by atomic mass is 9.96. The fourth-order valence-electron chi connectivity index (χ4n) is 2.59. The first-order chi connectivity index (χ1) is 9.94. The number of benzene rings is 1. The summed E-state index contributed by atoms with van der Waals surface area (Å²) >= 11 is 12.2. The molecule has 0 radical (unpaired) electrons. The van der Waals surface area contributed by atoms with E-state index < -0.39 is 11.2 Å². The Kier molecular flexibility index (Phi) is 5.16. The van der Waals surface area contributed by atoms with Crippen LogP contribution in [0.15, 0.2) is 18.2 Å². The third kappa shape index (κ3) is 3.70. The van der Waals surface area contributed by atoms with Gasteiger partial charge < -0.3 is 9.47 Å². The van der Waals surface area contributed by atoms with Gasteiger partial charge in [-0.2, -0.15) is 5.26 Å². The lowest BCUT2D eigenvalue weighted by Crippen LogP contribution is -2.37. The van der Waals surface area contributed by atoms with Crippen LogP contribution in [0, 0.1) is 11.3 Å². The molecule has 0 spiro atoms. The van der Waals surface area contributed by atoms with Crippen LogP contribution in [-0.4, -0.2) is 17.8 Å². The molecule has 1 aliphatic rings. The second-order valence-electron chi connectivity index (χ2n) is 5.67. The van der Waals surface area contributed by atoms with Crippen molar-refractivity contribution in [2.45, 2.75) is 50.9 Å². The molecule has 3 nitrogen and oxygen atoms in total. The van der Waals surface area contributed by atoms with Crippen molar-refractivity contribution in [3.05, 3.63) is 33.8 Å². The van der Waals surface area contributed by atoms with E-state index in [1.54, 1.807) is 18.2 Å². The number of ether oxygens (including phenoxy) is 2. The Morgan fingerprint density at radius 2 is 2.00 bits per heavy atom. The number of rotatable bonds is 5. The minimum absolute atomic E-state index is 0.340. The summed E-state index contributed by atoms with van der Waals surface area (Å²) in [5, 5.41) is 10.4. The number of hydrogen-bond acceptors (Lipinski definition) is 3. The van der Waals surface area contributed by atoms with E-state index in [4.69, 9.17) is 32.7 Å². The zero-order chi connectivity index (χ0) is 15.5. The van der Waals surface area contributed by atoms with Crippen LogP contribution in [0.25, 0.3) is 0 Å². The van der Waals surface area contributed by atoms with Crippen LogP contribution in [0.2, 0.25) is 10.0 Å². The minimum Gasteiger partial charge on any atom is -0.374 e. The molecule has 1 saturated heterocycles. The average molecular weight is 328 g/mol. The first-order valence-corrected chi connectivity index (χ1v) is 7.81. The van der Waals surface area contributed by atoms with Gasteiger partial charge in [0.25, 0.3) is 0 Å². The van der Waals surface area contributed by atoms with Crippen LogP contribution in [0.1, 0.15) is 38.7 Å². The highest BCUT2D eigenvalue weighted by atomic mass is 35.5. The van der Waals surface area contributed by atoms with Gasteiger partial charge >= 0.3 is 0 Å². The van der Waals surface area contributed by atoms with Crippen molar-refractivity contribution in [1.29, 1.82) is 5.26 Å². The number of halogens is 2. The third-order valence-corrected chi connectivity index (χ3v) is 4.76. The first kappa shape index (κ1) is 16.6. The number of nitrogens with zero attached hydrogens (tertiary/aromatic N) is 1. The number of hydrogen-bond donors (Lipinski definition) is 0. The highest BCUT2D eigenvalue weighted by Gasteiger charge is 2.46. The van der Waals surface area contributed by atoms with Crippen LogP contribution in [0.5, 0.6) is 0 Å². The second kappa shape index (κ2) is 6.54. The van der Waals surface area contributed by atoms with Crippen molar-refractivity contribution in [1.82, 2.24) is 0 Å². The molecular formula is C16H19Cl2NO2. The summed E-state index contributed by atoms with van der Waals surface area (Å²) in [7, 11) is 0. The van der Waals surface area contributed by atoms with Crippen molar-refractivity contribution >= 4 is 23.2 Å². The van der Waals surface area contributed by atoms with Gasteiger partial charge in [-0.15, -0.1) is 0 Å². The summed E-state index contributed by atoms with van der Waals surface area (Å²) in [5.74, 6) is 0. The van der Waals surface area contributed by atoms with Gasteiger partial charge in [-0.1, -0.05) is 36.2 Å². The van der Waals surface area contributed by atoms with Crippen LogP contribution >= 0.6 is 23.2 Å². The van der Waals surface area contributed by atoms with E-state index in [0.717, 1.165) is 24.8 Å². The minimum atomic E-state index is -0.707. The predicted molar refractivity (Wildman–Crippen MR) is 83.5 cm³/mol. The van der Waals surface area contributed by atoms with E-state index >= 15 is 0 Å². The van der Waals surface area contributed by atoms with E-state index in [2.05, 4.69) is 13.0 Å². The fraction of sp³-hybridized carbons (Fsp3) is 0.562. The standard InChI is InChI=1S/C16H19Cl2NO2/c1-3-16(8-7-15(2,10-19)21-16)11-20-9-12-13(17)5-4-6-14(12)18/h4-6H,3,7-9,11H2,1-2H3. The Morgan fingerprint density at radius 1 is 1.33 bits per heavy atom. The van der Waals surface area contributed by atoms with Gasteiger partial charge in [-0.25, -0.2) is 0 Å². The largest absolute Gasteiger partial charge is 0.374 e. The molecule has 1 aromatic rings. The normalized spacial score (nSPS) is 28.5. The molecule has 0 saturated carbocycles. The summed E-state index contributed by atoms with van der Waals surface area (Å²) in [6.45, 7) is 4.65. The molecule has 2 rings (SSSR count). The van der Waals surface area contributed by atoms with Crippen LogP contribution in [-0.2, 0) is 16.1 Å². The van der Waals surface area contributed by atoms with E-state index in [9.17, 15) is 5.26 Å². The van der Waals surface area contributed by atoms with Gasteiger partial charge in [0.1, 0.15) is 0 Å². The highest BCUT2D eigenvalue weighted by molar-refractivity contribution is 6.35. The summed E-state index contributed by atoms with van der Waals surface area (Å²) in [6, 6.07) is 7.63. The fourth-order valence-corrected chi connectivity index (χ4v) is 3.09. The molecule has 5 heteroatoms. The van der Waals surface area contributed by atoms with Crippen molar-refractivity contribution in [3.8, 4) is 6.07 Å². The Labute approximate surface area is 135 Å². The first-order valence-electron chi connectivity index (χ1n) is 7.06. The molecule has 1 aromatic carbocycles. The smallest absolute Gasteiger partial charge is 0.152 e. The Morgan fingerprint density at radius 3 is 2.52 bits per heavy atom. The monoisotopic (exact) mass is 327 g/mol.